The number of aromatic nitrogens is 2. The standard InChI is InChI=1S/C31H35N3O2/c1-23(2)31(3,26-13-15-29(16-14-26)35-21-27-8-4-5-17-32-27)25-11-9-24(10-12-25)30-33-28(22-36-30)20-34-18-6-7-19-34/h4-5,8-17,22-23H,6-7,18-21H2,1-3H3. The van der Waals surface area contributed by atoms with Crippen LogP contribution in [0, 0.1) is 5.92 Å². The minimum atomic E-state index is -0.143. The Balaban J connectivity index is 1.30. The molecule has 1 fully saturated rings. The summed E-state index contributed by atoms with van der Waals surface area (Å²) in [5, 5.41) is 0. The quantitative estimate of drug-likeness (QED) is 0.261. The molecule has 5 nitrogen and oxygen atoms in total. The molecule has 0 radical (unpaired) electrons. The number of likely N-dealkylation sites (tertiary alicyclic amines) is 1. The van der Waals surface area contributed by atoms with E-state index in [4.69, 9.17) is 14.1 Å². The van der Waals surface area contributed by atoms with Gasteiger partial charge in [-0.05, 0) is 79.4 Å². The van der Waals surface area contributed by atoms with Crippen LogP contribution in [0.15, 0.2) is 83.6 Å². The average molecular weight is 482 g/mol. The molecular weight excluding hydrogens is 446 g/mol. The summed E-state index contributed by atoms with van der Waals surface area (Å²) in [6.45, 7) is 10.5. The van der Waals surface area contributed by atoms with E-state index < -0.39 is 0 Å². The van der Waals surface area contributed by atoms with E-state index in [1.807, 2.05) is 18.2 Å². The van der Waals surface area contributed by atoms with Crippen molar-refractivity contribution in [2.24, 2.45) is 5.92 Å². The maximum atomic E-state index is 5.95. The van der Waals surface area contributed by atoms with Gasteiger partial charge in [-0.1, -0.05) is 51.1 Å². The van der Waals surface area contributed by atoms with Gasteiger partial charge in [-0.3, -0.25) is 9.88 Å². The van der Waals surface area contributed by atoms with Crippen molar-refractivity contribution >= 4 is 0 Å². The van der Waals surface area contributed by atoms with E-state index in [9.17, 15) is 0 Å². The second-order valence-corrected chi connectivity index (χ2v) is 10.2. The first-order valence-electron chi connectivity index (χ1n) is 12.9. The van der Waals surface area contributed by atoms with E-state index in [-0.39, 0.29) is 5.41 Å². The summed E-state index contributed by atoms with van der Waals surface area (Å²) in [6, 6.07) is 23.0. The van der Waals surface area contributed by atoms with Gasteiger partial charge >= 0.3 is 0 Å². The molecule has 1 aliphatic rings. The van der Waals surface area contributed by atoms with E-state index in [1.165, 1.54) is 24.0 Å². The lowest BCUT2D eigenvalue weighted by molar-refractivity contribution is 0.301. The molecule has 1 saturated heterocycles. The van der Waals surface area contributed by atoms with Crippen molar-refractivity contribution in [1.82, 2.24) is 14.9 Å². The van der Waals surface area contributed by atoms with Crippen LogP contribution >= 0.6 is 0 Å². The van der Waals surface area contributed by atoms with Crippen LogP contribution in [-0.2, 0) is 18.6 Å². The predicted molar refractivity (Wildman–Crippen MR) is 143 cm³/mol. The summed E-state index contributed by atoms with van der Waals surface area (Å²) in [7, 11) is 0. The normalized spacial score (nSPS) is 15.8. The zero-order valence-electron chi connectivity index (χ0n) is 21.5. The average Bonchev–Trinajstić information content (AvgIpc) is 3.61. The second-order valence-electron chi connectivity index (χ2n) is 10.2. The van der Waals surface area contributed by atoms with E-state index in [1.54, 1.807) is 12.5 Å². The molecule has 0 amide bonds. The number of benzene rings is 2. The van der Waals surface area contributed by atoms with Crippen molar-refractivity contribution in [3.8, 4) is 17.2 Å². The Bertz CT molecular complexity index is 1240. The maximum absolute atomic E-state index is 5.95. The minimum Gasteiger partial charge on any atom is -0.487 e. The van der Waals surface area contributed by atoms with Crippen molar-refractivity contribution in [1.29, 1.82) is 0 Å². The number of nitrogens with zero attached hydrogens (tertiary/aromatic N) is 3. The van der Waals surface area contributed by atoms with E-state index in [0.717, 1.165) is 42.3 Å². The summed E-state index contributed by atoms with van der Waals surface area (Å²) in [6.07, 6.45) is 6.15. The fourth-order valence-corrected chi connectivity index (χ4v) is 5.01. The second kappa shape index (κ2) is 10.7. The molecule has 2 aromatic heterocycles. The van der Waals surface area contributed by atoms with E-state index >= 15 is 0 Å². The number of oxazole rings is 1. The number of hydrogen-bond donors (Lipinski definition) is 0. The highest BCUT2D eigenvalue weighted by Crippen LogP contribution is 2.40. The first-order valence-corrected chi connectivity index (χ1v) is 12.9. The topological polar surface area (TPSA) is 51.4 Å². The third-order valence-electron chi connectivity index (χ3n) is 7.59. The van der Waals surface area contributed by atoms with Crippen LogP contribution in [0.3, 0.4) is 0 Å². The van der Waals surface area contributed by atoms with Gasteiger partial charge in [0.25, 0.3) is 0 Å². The number of pyridine rings is 1. The van der Waals surface area contributed by atoms with Gasteiger partial charge in [-0.15, -0.1) is 0 Å². The summed E-state index contributed by atoms with van der Waals surface area (Å²) in [5.41, 5.74) is 5.33. The summed E-state index contributed by atoms with van der Waals surface area (Å²) < 4.78 is 11.8. The van der Waals surface area contributed by atoms with Gasteiger partial charge < -0.3 is 9.15 Å². The molecule has 36 heavy (non-hydrogen) atoms. The van der Waals surface area contributed by atoms with Crippen LogP contribution in [0.5, 0.6) is 5.75 Å². The molecule has 0 N–H and O–H groups in total. The lowest BCUT2D eigenvalue weighted by Crippen LogP contribution is -2.30. The highest BCUT2D eigenvalue weighted by molar-refractivity contribution is 5.55. The molecule has 5 heteroatoms. The maximum Gasteiger partial charge on any atom is 0.226 e. The van der Waals surface area contributed by atoms with Crippen LogP contribution in [0.1, 0.15) is 56.1 Å². The van der Waals surface area contributed by atoms with Crippen LogP contribution in [0.2, 0.25) is 0 Å². The smallest absolute Gasteiger partial charge is 0.226 e. The van der Waals surface area contributed by atoms with E-state index in [0.29, 0.717) is 18.4 Å². The molecule has 3 heterocycles. The third kappa shape index (κ3) is 5.21. The molecule has 2 aromatic carbocycles. The molecule has 0 spiro atoms. The lowest BCUT2D eigenvalue weighted by atomic mass is 9.68. The van der Waals surface area contributed by atoms with Crippen LogP contribution in [0.25, 0.3) is 11.5 Å². The Morgan fingerprint density at radius 2 is 1.61 bits per heavy atom. The molecule has 0 aliphatic carbocycles. The Morgan fingerprint density at radius 3 is 2.25 bits per heavy atom. The fraction of sp³-hybridized carbons (Fsp3) is 0.355. The van der Waals surface area contributed by atoms with Gasteiger partial charge in [0.05, 0.1) is 11.4 Å². The SMILES string of the molecule is CC(C)C(C)(c1ccc(OCc2ccccn2)cc1)c1ccc(-c2nc(CN3CCCC3)co2)cc1. The molecule has 5 rings (SSSR count). The predicted octanol–water partition coefficient (Wildman–Crippen LogP) is 6.87. The van der Waals surface area contributed by atoms with E-state index in [2.05, 4.69) is 79.2 Å². The Morgan fingerprint density at radius 1 is 0.917 bits per heavy atom. The first-order chi connectivity index (χ1) is 17.5. The Labute approximate surface area is 214 Å². The van der Waals surface area contributed by atoms with Gasteiger partial charge in [-0.25, -0.2) is 4.98 Å². The first kappa shape index (κ1) is 24.3. The van der Waals surface area contributed by atoms with Gasteiger partial charge in [0.2, 0.25) is 5.89 Å². The van der Waals surface area contributed by atoms with Crippen molar-refractivity contribution in [3.05, 3.63) is 102 Å². The van der Waals surface area contributed by atoms with Gasteiger partial charge in [0, 0.05) is 23.7 Å². The van der Waals surface area contributed by atoms with Crippen LogP contribution < -0.4 is 4.74 Å². The molecule has 0 bridgehead atoms. The molecule has 4 aromatic rings. The van der Waals surface area contributed by atoms with Crippen molar-refractivity contribution in [3.63, 3.8) is 0 Å². The Hall–Kier alpha value is -3.44. The zero-order chi connectivity index (χ0) is 25.0. The number of ether oxygens (including phenoxy) is 1. The monoisotopic (exact) mass is 481 g/mol. The lowest BCUT2D eigenvalue weighted by Gasteiger charge is -2.35. The summed E-state index contributed by atoms with van der Waals surface area (Å²) in [5.74, 6) is 1.94. The third-order valence-corrected chi connectivity index (χ3v) is 7.59. The molecule has 1 unspecified atom stereocenters. The highest BCUT2D eigenvalue weighted by Gasteiger charge is 2.32. The minimum absolute atomic E-state index is 0.143. The molecule has 1 aliphatic heterocycles. The van der Waals surface area contributed by atoms with Gasteiger partial charge in [-0.2, -0.15) is 0 Å². The van der Waals surface area contributed by atoms with Crippen molar-refractivity contribution in [2.45, 2.75) is 52.2 Å². The van der Waals surface area contributed by atoms with Crippen molar-refractivity contribution < 1.29 is 9.15 Å². The molecule has 0 saturated carbocycles. The molecule has 186 valence electrons. The summed E-state index contributed by atoms with van der Waals surface area (Å²) >= 11 is 0. The zero-order valence-corrected chi connectivity index (χ0v) is 21.5. The molecular formula is C31H35N3O2. The molecule has 1 atom stereocenters. The van der Waals surface area contributed by atoms with Gasteiger partial charge in [0.15, 0.2) is 0 Å². The summed E-state index contributed by atoms with van der Waals surface area (Å²) in [4.78, 5) is 11.5. The number of rotatable bonds is 9. The van der Waals surface area contributed by atoms with Crippen molar-refractivity contribution in [2.75, 3.05) is 13.1 Å². The highest BCUT2D eigenvalue weighted by atomic mass is 16.5. The fourth-order valence-electron chi connectivity index (χ4n) is 5.01. The Kier molecular flexibility index (Phi) is 7.19. The van der Waals surface area contributed by atoms with Crippen LogP contribution in [-0.4, -0.2) is 28.0 Å². The number of hydrogen-bond acceptors (Lipinski definition) is 5. The largest absolute Gasteiger partial charge is 0.487 e. The van der Waals surface area contributed by atoms with Crippen LogP contribution in [0.4, 0.5) is 0 Å². The van der Waals surface area contributed by atoms with Gasteiger partial charge in [0.1, 0.15) is 18.6 Å².